The summed E-state index contributed by atoms with van der Waals surface area (Å²) in [6.45, 7) is 4.42. The van der Waals surface area contributed by atoms with E-state index in [9.17, 15) is 0 Å². The maximum absolute atomic E-state index is 8.52. The van der Waals surface area contributed by atoms with E-state index < -0.39 is 10.4 Å². The molecule has 0 unspecified atom stereocenters. The fourth-order valence-corrected chi connectivity index (χ4v) is 3.46. The van der Waals surface area contributed by atoms with Crippen molar-refractivity contribution in [2.24, 2.45) is 0 Å². The standard InChI is InChI=1S/2C14H16N.H2O4S/c2*1-2-7-13-8-6-9-14(12-13)15-10-4-3-5-11-15;1-5(2,3)4/h2*3-6,8-12H,2,7H2,1H3;(H2,1,2,3,4)/q2*+1;/p-2. The third kappa shape index (κ3) is 11.5. The molecule has 0 saturated heterocycles. The molecule has 0 radical (unpaired) electrons. The Balaban J connectivity index is 0.000000208. The number of pyridine rings is 2. The Hall–Kier alpha value is -3.39. The van der Waals surface area contributed by atoms with Gasteiger partial charge in [0.05, 0.1) is 0 Å². The number of benzene rings is 2. The van der Waals surface area contributed by atoms with Crippen molar-refractivity contribution < 1.29 is 26.7 Å². The molecule has 4 rings (SSSR count). The van der Waals surface area contributed by atoms with E-state index in [0.717, 1.165) is 12.8 Å². The number of hydrogen-bond donors (Lipinski definition) is 0. The highest BCUT2D eigenvalue weighted by molar-refractivity contribution is 7.79. The van der Waals surface area contributed by atoms with E-state index in [1.54, 1.807) is 0 Å². The van der Waals surface area contributed by atoms with Gasteiger partial charge in [-0.05, 0) is 24.0 Å². The van der Waals surface area contributed by atoms with Crippen molar-refractivity contribution in [1.82, 2.24) is 0 Å². The minimum atomic E-state index is -5.17. The van der Waals surface area contributed by atoms with E-state index in [4.69, 9.17) is 17.5 Å². The van der Waals surface area contributed by atoms with Crippen LogP contribution in [-0.4, -0.2) is 17.5 Å². The topological polar surface area (TPSA) is 88.0 Å². The molecule has 4 aromatic rings. The molecule has 35 heavy (non-hydrogen) atoms. The van der Waals surface area contributed by atoms with Crippen molar-refractivity contribution in [3.05, 3.63) is 121 Å². The number of aryl methyl sites for hydroxylation is 2. The van der Waals surface area contributed by atoms with Gasteiger partial charge in [0.1, 0.15) is 0 Å². The summed E-state index contributed by atoms with van der Waals surface area (Å²) in [6.07, 6.45) is 13.0. The Labute approximate surface area is 208 Å². The Morgan fingerprint density at radius 3 is 1.26 bits per heavy atom. The van der Waals surface area contributed by atoms with Gasteiger partial charge in [0.25, 0.3) is 0 Å². The monoisotopic (exact) mass is 492 g/mol. The van der Waals surface area contributed by atoms with Gasteiger partial charge < -0.3 is 9.11 Å². The molecule has 6 nitrogen and oxygen atoms in total. The highest BCUT2D eigenvalue weighted by atomic mass is 32.3. The van der Waals surface area contributed by atoms with Gasteiger partial charge in [0.15, 0.2) is 24.8 Å². The highest BCUT2D eigenvalue weighted by Crippen LogP contribution is 2.08. The van der Waals surface area contributed by atoms with E-state index in [1.165, 1.54) is 35.3 Å². The molecule has 2 aromatic carbocycles. The van der Waals surface area contributed by atoms with Crippen LogP contribution in [0.1, 0.15) is 37.8 Å². The zero-order valence-corrected chi connectivity index (χ0v) is 21.0. The van der Waals surface area contributed by atoms with Crippen molar-refractivity contribution in [3.63, 3.8) is 0 Å². The van der Waals surface area contributed by atoms with Crippen molar-refractivity contribution in [1.29, 1.82) is 0 Å². The largest absolute Gasteiger partial charge is 0.759 e. The van der Waals surface area contributed by atoms with Gasteiger partial charge in [0.2, 0.25) is 11.4 Å². The Morgan fingerprint density at radius 1 is 0.600 bits per heavy atom. The van der Waals surface area contributed by atoms with E-state index in [-0.39, 0.29) is 0 Å². The maximum atomic E-state index is 8.52. The zero-order chi connectivity index (χ0) is 25.5. The summed E-state index contributed by atoms with van der Waals surface area (Å²) in [5.74, 6) is 0. The van der Waals surface area contributed by atoms with Crippen LogP contribution < -0.4 is 9.13 Å². The fourth-order valence-electron chi connectivity index (χ4n) is 3.46. The molecule has 0 atom stereocenters. The normalized spacial score (nSPS) is 10.4. The van der Waals surface area contributed by atoms with E-state index in [1.807, 2.05) is 36.4 Å². The van der Waals surface area contributed by atoms with Crippen molar-refractivity contribution in [3.8, 4) is 11.4 Å². The summed E-state index contributed by atoms with van der Waals surface area (Å²) in [5, 5.41) is 0. The lowest BCUT2D eigenvalue weighted by Crippen LogP contribution is -2.28. The number of rotatable bonds is 6. The van der Waals surface area contributed by atoms with Gasteiger partial charge in [-0.25, -0.2) is 0 Å². The first kappa shape index (κ1) is 27.9. The second-order valence-electron chi connectivity index (χ2n) is 7.81. The number of aromatic nitrogens is 2. The van der Waals surface area contributed by atoms with E-state index in [0.29, 0.717) is 0 Å². The predicted molar refractivity (Wildman–Crippen MR) is 134 cm³/mol. The molecule has 2 heterocycles. The first-order valence-corrected chi connectivity index (χ1v) is 12.9. The lowest BCUT2D eigenvalue weighted by molar-refractivity contribution is -0.596. The second-order valence-corrected chi connectivity index (χ2v) is 8.63. The Bertz CT molecular complexity index is 1160. The van der Waals surface area contributed by atoms with Crippen LogP contribution in [0, 0.1) is 0 Å². The average Bonchev–Trinajstić information content (AvgIpc) is 2.85. The summed E-state index contributed by atoms with van der Waals surface area (Å²) in [6, 6.07) is 29.7. The van der Waals surface area contributed by atoms with Crippen LogP contribution in [0.2, 0.25) is 0 Å². The van der Waals surface area contributed by atoms with Crippen molar-refractivity contribution in [2.75, 3.05) is 0 Å². The average molecular weight is 493 g/mol. The zero-order valence-electron chi connectivity index (χ0n) is 20.2. The quantitative estimate of drug-likeness (QED) is 0.225. The molecule has 0 fully saturated rings. The first-order valence-electron chi connectivity index (χ1n) is 11.6. The summed E-state index contributed by atoms with van der Waals surface area (Å²) in [4.78, 5) is 0. The molecule has 0 N–H and O–H groups in total. The number of nitrogens with zero attached hydrogens (tertiary/aromatic N) is 2. The summed E-state index contributed by atoms with van der Waals surface area (Å²) < 4.78 is 38.4. The molecule has 0 aliphatic rings. The lowest BCUT2D eigenvalue weighted by atomic mass is 10.1. The molecular weight excluding hydrogens is 460 g/mol. The molecular formula is C28H32N2O4S. The molecule has 0 bridgehead atoms. The molecule has 0 aliphatic carbocycles. The van der Waals surface area contributed by atoms with Gasteiger partial charge in [-0.1, -0.05) is 63.1 Å². The molecule has 2 aromatic heterocycles. The van der Waals surface area contributed by atoms with Gasteiger partial charge in [-0.2, -0.15) is 9.13 Å². The van der Waals surface area contributed by atoms with Crippen molar-refractivity contribution in [2.45, 2.75) is 39.5 Å². The van der Waals surface area contributed by atoms with Gasteiger partial charge in [-0.15, -0.1) is 0 Å². The van der Waals surface area contributed by atoms with Crippen LogP contribution in [0.25, 0.3) is 11.4 Å². The summed E-state index contributed by atoms with van der Waals surface area (Å²) in [7, 11) is -5.17. The van der Waals surface area contributed by atoms with Crippen LogP contribution in [0.4, 0.5) is 0 Å². The van der Waals surface area contributed by atoms with Crippen LogP contribution in [0.5, 0.6) is 0 Å². The Morgan fingerprint density at radius 2 is 0.943 bits per heavy atom. The van der Waals surface area contributed by atoms with E-state index >= 15 is 0 Å². The maximum Gasteiger partial charge on any atom is 0.210 e. The van der Waals surface area contributed by atoms with Crippen LogP contribution in [0.3, 0.4) is 0 Å². The van der Waals surface area contributed by atoms with Crippen LogP contribution in [-0.2, 0) is 23.2 Å². The van der Waals surface area contributed by atoms with Gasteiger partial charge >= 0.3 is 0 Å². The molecule has 0 saturated carbocycles. The SMILES string of the molecule is CCCc1cccc(-[n+]2ccccc2)c1.CCCc1cccc(-[n+]2ccccc2)c1.O=S(=O)([O-])[O-]. The Kier molecular flexibility index (Phi) is 11.8. The predicted octanol–water partition coefficient (Wildman–Crippen LogP) is 4.49. The van der Waals surface area contributed by atoms with Gasteiger partial charge in [0, 0.05) is 58.9 Å². The summed E-state index contributed by atoms with van der Waals surface area (Å²) >= 11 is 0. The lowest BCUT2D eigenvalue weighted by Gasteiger charge is -2.06. The van der Waals surface area contributed by atoms with Gasteiger partial charge in [-0.3, -0.25) is 8.42 Å². The smallest absolute Gasteiger partial charge is 0.210 e. The second kappa shape index (κ2) is 14.8. The van der Waals surface area contributed by atoms with E-state index in [2.05, 4.69) is 96.3 Å². The minimum Gasteiger partial charge on any atom is -0.759 e. The highest BCUT2D eigenvalue weighted by Gasteiger charge is 2.05. The van der Waals surface area contributed by atoms with Crippen LogP contribution >= 0.6 is 0 Å². The third-order valence-electron chi connectivity index (χ3n) is 4.93. The molecule has 7 heteroatoms. The summed E-state index contributed by atoms with van der Waals surface area (Å²) in [5.41, 5.74) is 5.29. The third-order valence-corrected chi connectivity index (χ3v) is 4.93. The van der Waals surface area contributed by atoms with Crippen molar-refractivity contribution >= 4 is 10.4 Å². The molecule has 0 spiro atoms. The number of hydrogen-bond acceptors (Lipinski definition) is 4. The first-order chi connectivity index (χ1) is 16.8. The molecule has 0 amide bonds. The van der Waals surface area contributed by atoms with Crippen LogP contribution in [0.15, 0.2) is 110 Å². The molecule has 184 valence electrons. The molecule has 0 aliphatic heterocycles. The fraction of sp³-hybridized carbons (Fsp3) is 0.214. The minimum absolute atomic E-state index is 1.15.